The molecule has 2 fully saturated rings. The molecule has 0 spiro atoms. The minimum atomic E-state index is -0.778. The smallest absolute Gasteiger partial charge is 0.317 e. The van der Waals surface area contributed by atoms with Gasteiger partial charge < -0.3 is 20.1 Å². The van der Waals surface area contributed by atoms with Gasteiger partial charge in [-0.3, -0.25) is 4.79 Å². The number of fused-ring (bicyclic) bond motifs is 1. The molecule has 2 aliphatic rings. The maximum Gasteiger partial charge on any atom is 0.317 e. The van der Waals surface area contributed by atoms with Crippen molar-refractivity contribution in [2.45, 2.75) is 25.8 Å². The molecule has 1 aliphatic carbocycles. The summed E-state index contributed by atoms with van der Waals surface area (Å²) in [6.45, 7) is 1.10. The van der Waals surface area contributed by atoms with E-state index >= 15 is 0 Å². The monoisotopic (exact) mass is 352 g/mol. The highest BCUT2D eigenvalue weighted by atomic mass is 35.5. The van der Waals surface area contributed by atoms with E-state index in [1.54, 1.807) is 30.2 Å². The van der Waals surface area contributed by atoms with E-state index in [1.165, 1.54) is 0 Å². The van der Waals surface area contributed by atoms with Crippen LogP contribution < -0.4 is 10.1 Å². The highest BCUT2D eigenvalue weighted by molar-refractivity contribution is 6.30. The zero-order valence-electron chi connectivity index (χ0n) is 13.5. The number of nitrogens with zero attached hydrogens (tertiary/aromatic N) is 1. The van der Waals surface area contributed by atoms with Gasteiger partial charge in [0, 0.05) is 30.2 Å². The number of nitrogens with one attached hydrogen (secondary N) is 1. The number of aliphatic carboxylic acids is 1. The van der Waals surface area contributed by atoms with Gasteiger partial charge in [0.05, 0.1) is 12.5 Å². The number of benzene rings is 1. The molecule has 2 amide bonds. The van der Waals surface area contributed by atoms with Gasteiger partial charge in [-0.05, 0) is 30.9 Å². The van der Waals surface area contributed by atoms with Crippen molar-refractivity contribution in [2.24, 2.45) is 11.3 Å². The first-order valence-corrected chi connectivity index (χ1v) is 8.42. The maximum absolute atomic E-state index is 12.4. The summed E-state index contributed by atoms with van der Waals surface area (Å²) in [5.74, 6) is -0.103. The van der Waals surface area contributed by atoms with Crippen LogP contribution in [0.4, 0.5) is 4.79 Å². The number of halogens is 1. The van der Waals surface area contributed by atoms with E-state index in [0.29, 0.717) is 30.3 Å². The van der Waals surface area contributed by atoms with Crippen molar-refractivity contribution in [2.75, 3.05) is 20.2 Å². The maximum atomic E-state index is 12.4. The second kappa shape index (κ2) is 6.51. The minimum Gasteiger partial charge on any atom is -0.496 e. The molecule has 0 bridgehead atoms. The first-order chi connectivity index (χ1) is 11.5. The Balaban J connectivity index is 1.64. The summed E-state index contributed by atoms with van der Waals surface area (Å²) in [4.78, 5) is 25.7. The fourth-order valence-corrected chi connectivity index (χ4v) is 4.10. The average molecular weight is 353 g/mol. The van der Waals surface area contributed by atoms with Crippen LogP contribution >= 0.6 is 11.6 Å². The molecule has 24 heavy (non-hydrogen) atoms. The van der Waals surface area contributed by atoms with Crippen LogP contribution in [0.3, 0.4) is 0 Å². The lowest BCUT2D eigenvalue weighted by atomic mass is 9.81. The molecule has 7 heteroatoms. The molecule has 3 rings (SSSR count). The van der Waals surface area contributed by atoms with Gasteiger partial charge in [0.2, 0.25) is 0 Å². The van der Waals surface area contributed by atoms with Crippen LogP contribution in [0.15, 0.2) is 18.2 Å². The Morgan fingerprint density at radius 2 is 2.29 bits per heavy atom. The predicted octanol–water partition coefficient (Wildman–Crippen LogP) is 2.74. The number of ether oxygens (including phenoxy) is 1. The quantitative estimate of drug-likeness (QED) is 0.873. The Hall–Kier alpha value is -1.95. The number of amides is 2. The molecule has 0 aromatic heterocycles. The molecular formula is C17H21ClN2O4. The molecule has 0 unspecified atom stereocenters. The fraction of sp³-hybridized carbons (Fsp3) is 0.529. The number of carbonyl (C=O) groups is 2. The van der Waals surface area contributed by atoms with Gasteiger partial charge in [-0.2, -0.15) is 0 Å². The highest BCUT2D eigenvalue weighted by Gasteiger charge is 2.55. The van der Waals surface area contributed by atoms with E-state index < -0.39 is 11.4 Å². The molecule has 130 valence electrons. The Labute approximate surface area is 145 Å². The van der Waals surface area contributed by atoms with E-state index in [-0.39, 0.29) is 18.5 Å². The molecular weight excluding hydrogens is 332 g/mol. The van der Waals surface area contributed by atoms with Crippen LogP contribution in [-0.4, -0.2) is 42.2 Å². The van der Waals surface area contributed by atoms with E-state index in [2.05, 4.69) is 5.32 Å². The molecule has 2 atom stereocenters. The summed E-state index contributed by atoms with van der Waals surface area (Å²) < 4.78 is 5.27. The molecule has 1 aromatic carbocycles. The van der Waals surface area contributed by atoms with Gasteiger partial charge in [-0.15, -0.1) is 0 Å². The summed E-state index contributed by atoms with van der Waals surface area (Å²) in [6, 6.07) is 5.01. The molecule has 1 aliphatic heterocycles. The summed E-state index contributed by atoms with van der Waals surface area (Å²) in [5, 5.41) is 13.0. The number of carbonyl (C=O) groups excluding carboxylic acids is 1. The third kappa shape index (κ3) is 2.90. The number of urea groups is 1. The van der Waals surface area contributed by atoms with Crippen LogP contribution in [0.2, 0.25) is 5.02 Å². The van der Waals surface area contributed by atoms with Crippen molar-refractivity contribution in [3.63, 3.8) is 0 Å². The van der Waals surface area contributed by atoms with Crippen molar-refractivity contribution >= 4 is 23.6 Å². The second-order valence-corrected chi connectivity index (χ2v) is 6.98. The first-order valence-electron chi connectivity index (χ1n) is 8.05. The Kier molecular flexibility index (Phi) is 4.58. The van der Waals surface area contributed by atoms with Gasteiger partial charge in [0.25, 0.3) is 0 Å². The van der Waals surface area contributed by atoms with Crippen LogP contribution in [0.25, 0.3) is 0 Å². The SMILES string of the molecule is COc1cc(Cl)ccc1CNC(=O)N1C[C@@H]2CCC[C@@]2(C(=O)O)C1. The third-order valence-corrected chi connectivity index (χ3v) is 5.50. The number of hydrogen-bond acceptors (Lipinski definition) is 3. The number of carboxylic acid groups (broad SMARTS) is 1. The summed E-state index contributed by atoms with van der Waals surface area (Å²) in [5.41, 5.74) is 0.0672. The van der Waals surface area contributed by atoms with E-state index in [9.17, 15) is 14.7 Å². The lowest BCUT2D eigenvalue weighted by molar-refractivity contribution is -0.149. The van der Waals surface area contributed by atoms with Crippen molar-refractivity contribution in [3.05, 3.63) is 28.8 Å². The summed E-state index contributed by atoms with van der Waals surface area (Å²) in [6.07, 6.45) is 2.46. The lowest BCUT2D eigenvalue weighted by Crippen LogP contribution is -2.41. The number of hydrogen-bond donors (Lipinski definition) is 2. The highest BCUT2D eigenvalue weighted by Crippen LogP contribution is 2.48. The van der Waals surface area contributed by atoms with Crippen LogP contribution in [-0.2, 0) is 11.3 Å². The van der Waals surface area contributed by atoms with Crippen LogP contribution in [0.5, 0.6) is 5.75 Å². The molecule has 6 nitrogen and oxygen atoms in total. The number of likely N-dealkylation sites (tertiary alicyclic amines) is 1. The summed E-state index contributed by atoms with van der Waals surface area (Å²) in [7, 11) is 1.55. The summed E-state index contributed by atoms with van der Waals surface area (Å²) >= 11 is 5.93. The Morgan fingerprint density at radius 1 is 1.50 bits per heavy atom. The van der Waals surface area contributed by atoms with Crippen molar-refractivity contribution in [3.8, 4) is 5.75 Å². The van der Waals surface area contributed by atoms with E-state index in [4.69, 9.17) is 16.3 Å². The number of rotatable bonds is 4. The van der Waals surface area contributed by atoms with Gasteiger partial charge >= 0.3 is 12.0 Å². The number of carboxylic acids is 1. The zero-order chi connectivity index (χ0) is 17.3. The molecule has 1 heterocycles. The van der Waals surface area contributed by atoms with Gasteiger partial charge in [0.1, 0.15) is 5.75 Å². The van der Waals surface area contributed by atoms with Gasteiger partial charge in [0.15, 0.2) is 0 Å². The van der Waals surface area contributed by atoms with Crippen molar-refractivity contribution < 1.29 is 19.4 Å². The van der Waals surface area contributed by atoms with E-state index in [1.807, 2.05) is 0 Å². The third-order valence-electron chi connectivity index (χ3n) is 5.26. The fourth-order valence-electron chi connectivity index (χ4n) is 3.94. The Bertz CT molecular complexity index is 666. The minimum absolute atomic E-state index is 0.0609. The Morgan fingerprint density at radius 3 is 2.96 bits per heavy atom. The van der Waals surface area contributed by atoms with Crippen molar-refractivity contribution in [1.29, 1.82) is 0 Å². The van der Waals surface area contributed by atoms with E-state index in [0.717, 1.165) is 18.4 Å². The molecule has 0 radical (unpaired) electrons. The van der Waals surface area contributed by atoms with Gasteiger partial charge in [-0.1, -0.05) is 24.1 Å². The molecule has 1 aromatic rings. The predicted molar refractivity (Wildman–Crippen MR) is 89.2 cm³/mol. The normalized spacial score (nSPS) is 25.4. The van der Waals surface area contributed by atoms with Crippen LogP contribution in [0.1, 0.15) is 24.8 Å². The standard InChI is InChI=1S/C17H21ClN2O4/c1-24-14-7-13(18)5-4-11(14)8-19-16(23)20-9-12-3-2-6-17(12,10-20)15(21)22/h4-5,7,12H,2-3,6,8-10H2,1H3,(H,19,23)(H,21,22)/t12-,17+/m0/s1. The van der Waals surface area contributed by atoms with Gasteiger partial charge in [-0.25, -0.2) is 4.79 Å². The number of methoxy groups -OCH3 is 1. The van der Waals surface area contributed by atoms with Crippen molar-refractivity contribution in [1.82, 2.24) is 10.2 Å². The average Bonchev–Trinajstić information content (AvgIpc) is 3.11. The molecule has 2 N–H and O–H groups in total. The lowest BCUT2D eigenvalue weighted by Gasteiger charge is -2.23. The largest absolute Gasteiger partial charge is 0.496 e. The molecule has 1 saturated heterocycles. The first kappa shape index (κ1) is 16.9. The zero-order valence-corrected chi connectivity index (χ0v) is 14.3. The second-order valence-electron chi connectivity index (χ2n) is 6.55. The van der Waals surface area contributed by atoms with Crippen LogP contribution in [0, 0.1) is 11.3 Å². The molecule has 1 saturated carbocycles. The topological polar surface area (TPSA) is 78.9 Å².